The quantitative estimate of drug-likeness (QED) is 0.845. The fraction of sp³-hybridized carbons (Fsp3) is 0.429. The molecule has 0 radical (unpaired) electrons. The predicted molar refractivity (Wildman–Crippen MR) is 74.7 cm³/mol. The average molecular weight is 275 g/mol. The molecule has 6 heteroatoms. The van der Waals surface area contributed by atoms with Crippen LogP contribution in [0.5, 0.6) is 0 Å². The highest BCUT2D eigenvalue weighted by Gasteiger charge is 2.27. The van der Waals surface area contributed by atoms with Gasteiger partial charge in [0.2, 0.25) is 5.91 Å². The van der Waals surface area contributed by atoms with E-state index in [1.165, 1.54) is 0 Å². The number of benzene rings is 1. The van der Waals surface area contributed by atoms with Crippen LogP contribution in [0, 0.1) is 5.92 Å². The van der Waals surface area contributed by atoms with Crippen LogP contribution in [0.1, 0.15) is 6.42 Å². The summed E-state index contributed by atoms with van der Waals surface area (Å²) < 4.78 is 0. The largest absolute Gasteiger partial charge is 0.396 e. The van der Waals surface area contributed by atoms with Gasteiger partial charge in [-0.1, -0.05) is 0 Å². The summed E-state index contributed by atoms with van der Waals surface area (Å²) in [7, 11) is 0. The number of amides is 3. The summed E-state index contributed by atoms with van der Waals surface area (Å²) in [6, 6.07) is 7.34. The van der Waals surface area contributed by atoms with E-state index < -0.39 is 0 Å². The minimum atomic E-state index is -0.363. The molecule has 0 bridgehead atoms. The number of aliphatic hydroxyl groups excluding tert-OH is 1. The van der Waals surface area contributed by atoms with Gasteiger partial charge < -0.3 is 10.0 Å². The average Bonchev–Trinajstić information content (AvgIpc) is 2.39. The highest BCUT2D eigenvalue weighted by Crippen LogP contribution is 2.27. The van der Waals surface area contributed by atoms with Gasteiger partial charge in [-0.05, 0) is 24.3 Å². The molecule has 3 rings (SSSR count). The maximum Gasteiger partial charge on any atom is 0.328 e. The Hall–Kier alpha value is -2.08. The number of carbonyl (C=O) groups is 2. The molecule has 2 heterocycles. The lowest BCUT2D eigenvalue weighted by Gasteiger charge is -2.40. The highest BCUT2D eigenvalue weighted by atomic mass is 16.3. The van der Waals surface area contributed by atoms with Gasteiger partial charge in [-0.25, -0.2) is 4.79 Å². The molecule has 2 aliphatic heterocycles. The summed E-state index contributed by atoms with van der Waals surface area (Å²) >= 11 is 0. The van der Waals surface area contributed by atoms with Crippen molar-refractivity contribution in [3.05, 3.63) is 24.3 Å². The molecule has 0 saturated carbocycles. The molecule has 2 aliphatic rings. The lowest BCUT2D eigenvalue weighted by Crippen LogP contribution is -2.49. The first-order valence-electron chi connectivity index (χ1n) is 6.74. The summed E-state index contributed by atoms with van der Waals surface area (Å²) in [5.41, 5.74) is 1.88. The van der Waals surface area contributed by atoms with Crippen LogP contribution in [0.2, 0.25) is 0 Å². The smallest absolute Gasteiger partial charge is 0.328 e. The van der Waals surface area contributed by atoms with E-state index in [1.54, 1.807) is 4.90 Å². The van der Waals surface area contributed by atoms with Gasteiger partial charge in [0.15, 0.2) is 0 Å². The van der Waals surface area contributed by atoms with Gasteiger partial charge >= 0.3 is 6.03 Å². The molecule has 0 aliphatic carbocycles. The number of aliphatic hydroxyl groups is 1. The van der Waals surface area contributed by atoms with E-state index >= 15 is 0 Å². The number of imide groups is 1. The van der Waals surface area contributed by atoms with Gasteiger partial charge in [-0.2, -0.15) is 0 Å². The molecule has 0 aromatic heterocycles. The molecule has 1 aromatic rings. The lowest BCUT2D eigenvalue weighted by atomic mass is 10.0. The number of nitrogens with zero attached hydrogens (tertiary/aromatic N) is 2. The third kappa shape index (κ3) is 2.34. The van der Waals surface area contributed by atoms with Gasteiger partial charge in [0, 0.05) is 50.0 Å². The van der Waals surface area contributed by atoms with Gasteiger partial charge in [-0.15, -0.1) is 0 Å². The Morgan fingerprint density at radius 3 is 2.40 bits per heavy atom. The molecule has 2 saturated heterocycles. The number of rotatable bonds is 3. The molecular formula is C14H17N3O3. The van der Waals surface area contributed by atoms with Crippen molar-refractivity contribution in [2.45, 2.75) is 6.42 Å². The zero-order valence-corrected chi connectivity index (χ0v) is 11.1. The number of hydrogen-bond acceptors (Lipinski definition) is 4. The summed E-state index contributed by atoms with van der Waals surface area (Å²) in [5.74, 6) is 0.145. The first kappa shape index (κ1) is 12.9. The number of hydrogen-bond donors (Lipinski definition) is 2. The summed E-state index contributed by atoms with van der Waals surface area (Å²) in [6.45, 7) is 2.39. The second-order valence-corrected chi connectivity index (χ2v) is 5.22. The second-order valence-electron chi connectivity index (χ2n) is 5.22. The highest BCUT2D eigenvalue weighted by molar-refractivity contribution is 6.05. The molecular weight excluding hydrogens is 258 g/mol. The molecule has 1 aromatic carbocycles. The predicted octanol–water partition coefficient (Wildman–Crippen LogP) is 0.561. The van der Waals surface area contributed by atoms with Crippen molar-refractivity contribution in [1.82, 2.24) is 5.32 Å². The minimum Gasteiger partial charge on any atom is -0.396 e. The van der Waals surface area contributed by atoms with Crippen LogP contribution in [0.4, 0.5) is 16.2 Å². The van der Waals surface area contributed by atoms with Crippen molar-refractivity contribution in [3.8, 4) is 0 Å². The molecule has 0 atom stereocenters. The normalized spacial score (nSPS) is 19.9. The topological polar surface area (TPSA) is 72.9 Å². The van der Waals surface area contributed by atoms with Crippen LogP contribution in [0.15, 0.2) is 24.3 Å². The molecule has 0 spiro atoms. The van der Waals surface area contributed by atoms with Crippen molar-refractivity contribution in [1.29, 1.82) is 0 Å². The molecule has 20 heavy (non-hydrogen) atoms. The number of nitrogens with one attached hydrogen (secondary N) is 1. The zero-order valence-electron chi connectivity index (χ0n) is 11.1. The molecule has 106 valence electrons. The Labute approximate surface area is 117 Å². The second kappa shape index (κ2) is 5.13. The van der Waals surface area contributed by atoms with Crippen LogP contribution in [-0.2, 0) is 4.79 Å². The van der Waals surface area contributed by atoms with Crippen molar-refractivity contribution in [2.24, 2.45) is 5.92 Å². The van der Waals surface area contributed by atoms with Gasteiger partial charge in [0.1, 0.15) is 0 Å². The van der Waals surface area contributed by atoms with Crippen LogP contribution < -0.4 is 15.1 Å². The number of carbonyl (C=O) groups excluding carboxylic acids is 2. The van der Waals surface area contributed by atoms with E-state index in [9.17, 15) is 9.59 Å². The van der Waals surface area contributed by atoms with Crippen molar-refractivity contribution in [2.75, 3.05) is 36.0 Å². The third-order valence-corrected chi connectivity index (χ3v) is 3.80. The maximum absolute atomic E-state index is 11.7. The van der Waals surface area contributed by atoms with Crippen LogP contribution in [0.3, 0.4) is 0 Å². The summed E-state index contributed by atoms with van der Waals surface area (Å²) in [5, 5.41) is 11.3. The molecule has 2 fully saturated rings. The van der Waals surface area contributed by atoms with Crippen LogP contribution in [-0.4, -0.2) is 43.3 Å². The fourth-order valence-electron chi connectivity index (χ4n) is 2.55. The van der Waals surface area contributed by atoms with E-state index in [0.717, 1.165) is 24.5 Å². The summed E-state index contributed by atoms with van der Waals surface area (Å²) in [6.07, 6.45) is 0.331. The van der Waals surface area contributed by atoms with Gasteiger partial charge in [-0.3, -0.25) is 15.0 Å². The van der Waals surface area contributed by atoms with E-state index in [-0.39, 0.29) is 18.5 Å². The monoisotopic (exact) mass is 275 g/mol. The van der Waals surface area contributed by atoms with Gasteiger partial charge in [0.05, 0.1) is 0 Å². The van der Waals surface area contributed by atoms with E-state index in [1.807, 2.05) is 24.3 Å². The summed E-state index contributed by atoms with van der Waals surface area (Å²) in [4.78, 5) is 26.6. The van der Waals surface area contributed by atoms with Crippen LogP contribution >= 0.6 is 0 Å². The Morgan fingerprint density at radius 1 is 1.15 bits per heavy atom. The lowest BCUT2D eigenvalue weighted by molar-refractivity contribution is -0.120. The number of anilines is 2. The third-order valence-electron chi connectivity index (χ3n) is 3.80. The molecule has 3 amide bonds. The molecule has 6 nitrogen and oxygen atoms in total. The molecule has 0 unspecified atom stereocenters. The first-order chi connectivity index (χ1) is 9.67. The van der Waals surface area contributed by atoms with Crippen molar-refractivity contribution >= 4 is 23.3 Å². The molecule has 2 N–H and O–H groups in total. The van der Waals surface area contributed by atoms with Gasteiger partial charge in [0.25, 0.3) is 0 Å². The zero-order chi connectivity index (χ0) is 14.1. The number of urea groups is 1. The van der Waals surface area contributed by atoms with E-state index in [2.05, 4.69) is 10.2 Å². The van der Waals surface area contributed by atoms with E-state index in [0.29, 0.717) is 18.9 Å². The van der Waals surface area contributed by atoms with Crippen molar-refractivity contribution in [3.63, 3.8) is 0 Å². The van der Waals surface area contributed by atoms with Crippen LogP contribution in [0.25, 0.3) is 0 Å². The Kier molecular flexibility index (Phi) is 3.31. The fourth-order valence-corrected chi connectivity index (χ4v) is 2.55. The Bertz CT molecular complexity index is 523. The Balaban J connectivity index is 1.67. The van der Waals surface area contributed by atoms with Crippen molar-refractivity contribution < 1.29 is 14.7 Å². The van der Waals surface area contributed by atoms with E-state index in [4.69, 9.17) is 5.11 Å². The first-order valence-corrected chi connectivity index (χ1v) is 6.74. The SMILES string of the molecule is O=C1CCN(c2ccc(N3CC(CO)C3)cc2)C(=O)N1. The Morgan fingerprint density at radius 2 is 1.80 bits per heavy atom. The standard InChI is InChI=1S/C14H17N3O3/c18-9-10-7-16(8-10)11-1-3-12(4-2-11)17-6-5-13(19)15-14(17)20/h1-4,10,18H,5-9H2,(H,15,19,20). The minimum absolute atomic E-state index is 0.224. The maximum atomic E-state index is 11.7.